The zero-order valence-corrected chi connectivity index (χ0v) is 23.4. The lowest BCUT2D eigenvalue weighted by Gasteiger charge is -2.37. The Morgan fingerprint density at radius 1 is 0.950 bits per heavy atom. The first-order valence-electron chi connectivity index (χ1n) is 13.3. The van der Waals surface area contributed by atoms with Gasteiger partial charge in [0, 0.05) is 52.6 Å². The molecule has 1 amide bonds. The van der Waals surface area contributed by atoms with E-state index < -0.39 is 0 Å². The van der Waals surface area contributed by atoms with Gasteiger partial charge in [0.2, 0.25) is 11.3 Å². The summed E-state index contributed by atoms with van der Waals surface area (Å²) in [7, 11) is 4.64. The molecule has 3 heterocycles. The van der Waals surface area contributed by atoms with Crippen LogP contribution in [-0.4, -0.2) is 40.3 Å². The number of nitrogens with zero attached hydrogens (tertiary/aromatic N) is 2. The van der Waals surface area contributed by atoms with Gasteiger partial charge in [0.05, 0.1) is 27.0 Å². The lowest BCUT2D eigenvalue weighted by molar-refractivity contribution is 0.102. The maximum atomic E-state index is 13.7. The number of carbonyl (C=O) groups is 1. The third kappa shape index (κ3) is 4.73. The second-order valence-electron chi connectivity index (χ2n) is 9.90. The fourth-order valence-electron chi connectivity index (χ4n) is 5.68. The van der Waals surface area contributed by atoms with E-state index in [9.17, 15) is 4.79 Å². The molecule has 4 aromatic rings. The van der Waals surface area contributed by atoms with Crippen LogP contribution in [0.25, 0.3) is 11.0 Å². The fourth-order valence-corrected chi connectivity index (χ4v) is 5.81. The van der Waals surface area contributed by atoms with Crippen molar-refractivity contribution in [1.29, 1.82) is 0 Å². The van der Waals surface area contributed by atoms with Crippen molar-refractivity contribution in [3.8, 4) is 17.2 Å². The zero-order chi connectivity index (χ0) is 27.8. The van der Waals surface area contributed by atoms with Gasteiger partial charge >= 0.3 is 0 Å². The van der Waals surface area contributed by atoms with Gasteiger partial charge in [-0.2, -0.15) is 0 Å². The highest BCUT2D eigenvalue weighted by Gasteiger charge is 2.27. The zero-order valence-electron chi connectivity index (χ0n) is 22.7. The highest BCUT2D eigenvalue weighted by molar-refractivity contribution is 6.30. The molecule has 0 saturated heterocycles. The molecule has 0 radical (unpaired) electrons. The predicted octanol–water partition coefficient (Wildman–Crippen LogP) is 6.30. The van der Waals surface area contributed by atoms with Crippen LogP contribution in [0.1, 0.15) is 34.3 Å². The number of carbonyl (C=O) groups excluding carboxylic acids is 1. The lowest BCUT2D eigenvalue weighted by atomic mass is 9.90. The van der Waals surface area contributed by atoms with Crippen LogP contribution in [0.15, 0.2) is 57.9 Å². The number of anilines is 2. The van der Waals surface area contributed by atoms with E-state index >= 15 is 0 Å². The molecular weight excluding hydrogens is 530 g/mol. The number of amides is 1. The normalized spacial score (nSPS) is 14.6. The van der Waals surface area contributed by atoms with Gasteiger partial charge in [0.15, 0.2) is 11.5 Å². The van der Waals surface area contributed by atoms with Crippen molar-refractivity contribution >= 4 is 45.5 Å². The highest BCUT2D eigenvalue weighted by Crippen LogP contribution is 2.42. The molecule has 206 valence electrons. The maximum Gasteiger partial charge on any atom is 0.261 e. The van der Waals surface area contributed by atoms with Crippen molar-refractivity contribution in [1.82, 2.24) is 0 Å². The molecule has 0 unspecified atom stereocenters. The molecule has 0 fully saturated rings. The van der Waals surface area contributed by atoms with Crippen LogP contribution < -0.4 is 30.0 Å². The number of methoxy groups -OCH3 is 3. The molecule has 2 aliphatic heterocycles. The van der Waals surface area contributed by atoms with Crippen molar-refractivity contribution in [2.45, 2.75) is 25.7 Å². The highest BCUT2D eigenvalue weighted by atomic mass is 35.5. The Kier molecular flexibility index (Phi) is 7.02. The van der Waals surface area contributed by atoms with Crippen LogP contribution in [0.5, 0.6) is 17.2 Å². The molecule has 2 aliphatic rings. The Balaban J connectivity index is 1.57. The third-order valence-electron chi connectivity index (χ3n) is 7.46. The van der Waals surface area contributed by atoms with Crippen molar-refractivity contribution < 1.29 is 23.4 Å². The van der Waals surface area contributed by atoms with E-state index in [0.717, 1.165) is 49.7 Å². The van der Waals surface area contributed by atoms with Crippen molar-refractivity contribution in [3.63, 3.8) is 0 Å². The van der Waals surface area contributed by atoms with Crippen LogP contribution in [-0.2, 0) is 12.8 Å². The summed E-state index contributed by atoms with van der Waals surface area (Å²) < 4.78 is 23.1. The minimum absolute atomic E-state index is 0.192. The molecule has 0 saturated carbocycles. The van der Waals surface area contributed by atoms with Crippen LogP contribution >= 0.6 is 11.6 Å². The van der Waals surface area contributed by atoms with E-state index in [1.807, 2.05) is 6.07 Å². The maximum absolute atomic E-state index is 13.7. The molecule has 0 spiro atoms. The summed E-state index contributed by atoms with van der Waals surface area (Å²) >= 11 is 6.04. The summed E-state index contributed by atoms with van der Waals surface area (Å²) in [5, 5.41) is 4.43. The summed E-state index contributed by atoms with van der Waals surface area (Å²) in [6, 6.07) is 14.5. The number of fused-ring (bicyclic) bond motifs is 2. The van der Waals surface area contributed by atoms with Crippen LogP contribution in [0, 0.1) is 0 Å². The number of ether oxygens (including phenoxy) is 3. The Bertz CT molecular complexity index is 1650. The Morgan fingerprint density at radius 2 is 1.65 bits per heavy atom. The number of hydrogen-bond acceptors (Lipinski definition) is 7. The topological polar surface area (TPSA) is 85.5 Å². The summed E-state index contributed by atoms with van der Waals surface area (Å²) in [6.45, 7) is 2.10. The number of rotatable bonds is 6. The first kappa shape index (κ1) is 26.1. The summed E-state index contributed by atoms with van der Waals surface area (Å²) in [5.41, 5.74) is 6.15. The van der Waals surface area contributed by atoms with E-state index in [1.165, 1.54) is 16.8 Å². The molecule has 0 atom stereocenters. The minimum atomic E-state index is -0.341. The largest absolute Gasteiger partial charge is 0.493 e. The van der Waals surface area contributed by atoms with E-state index in [0.29, 0.717) is 39.2 Å². The van der Waals surface area contributed by atoms with E-state index in [1.54, 1.807) is 57.7 Å². The number of benzene rings is 3. The van der Waals surface area contributed by atoms with E-state index in [2.05, 4.69) is 16.3 Å². The number of hydrogen-bond donors (Lipinski definition) is 1. The first-order valence-corrected chi connectivity index (χ1v) is 13.7. The predicted molar refractivity (Wildman–Crippen MR) is 156 cm³/mol. The first-order chi connectivity index (χ1) is 19.5. The van der Waals surface area contributed by atoms with Gasteiger partial charge in [0.1, 0.15) is 11.1 Å². The van der Waals surface area contributed by atoms with Gasteiger partial charge in [-0.15, -0.1) is 0 Å². The molecule has 1 N–H and O–H groups in total. The molecule has 0 bridgehead atoms. The number of nitrogens with one attached hydrogen (secondary N) is 1. The van der Waals surface area contributed by atoms with Gasteiger partial charge in [0.25, 0.3) is 5.91 Å². The van der Waals surface area contributed by atoms with Gasteiger partial charge < -0.3 is 28.8 Å². The lowest BCUT2D eigenvalue weighted by Crippen LogP contribution is -2.34. The molecule has 40 heavy (non-hydrogen) atoms. The monoisotopic (exact) mass is 559 g/mol. The second-order valence-corrected chi connectivity index (χ2v) is 10.3. The van der Waals surface area contributed by atoms with Crippen molar-refractivity contribution in [2.24, 2.45) is 4.99 Å². The standard InChI is InChI=1S/C31H30ClN3O5/c1-37-25-16-22(17-26(38-2)29(25)39-3)34-31-24(30(36)33-21-10-8-20(32)9-11-21)15-19-14-18-6-4-12-35-13-5-7-23(27(18)35)28(19)40-31/h8-11,14-17H,4-7,12-13H2,1-3H3,(H,33,36). The van der Waals surface area contributed by atoms with Gasteiger partial charge in [-0.3, -0.25) is 4.79 Å². The van der Waals surface area contributed by atoms with Gasteiger partial charge in [-0.05, 0) is 67.6 Å². The molecular formula is C31H30ClN3O5. The van der Waals surface area contributed by atoms with Crippen molar-refractivity contribution in [2.75, 3.05) is 44.6 Å². The number of aryl methyl sites for hydroxylation is 2. The Hall–Kier alpha value is -4.17. The van der Waals surface area contributed by atoms with Crippen LogP contribution in [0.4, 0.5) is 17.1 Å². The molecule has 6 rings (SSSR count). The third-order valence-corrected chi connectivity index (χ3v) is 7.71. The summed E-state index contributed by atoms with van der Waals surface area (Å²) in [4.78, 5) is 20.9. The van der Waals surface area contributed by atoms with Crippen molar-refractivity contribution in [3.05, 3.63) is 75.8 Å². The number of halogens is 1. The summed E-state index contributed by atoms with van der Waals surface area (Å²) in [5.74, 6) is 1.02. The smallest absolute Gasteiger partial charge is 0.261 e. The Morgan fingerprint density at radius 3 is 2.33 bits per heavy atom. The van der Waals surface area contributed by atoms with E-state index in [4.69, 9.17) is 35.2 Å². The van der Waals surface area contributed by atoms with Crippen LogP contribution in [0.2, 0.25) is 5.02 Å². The molecule has 9 heteroatoms. The quantitative estimate of drug-likeness (QED) is 0.298. The van der Waals surface area contributed by atoms with Gasteiger partial charge in [-0.1, -0.05) is 11.6 Å². The van der Waals surface area contributed by atoms with E-state index in [-0.39, 0.29) is 11.5 Å². The summed E-state index contributed by atoms with van der Waals surface area (Å²) in [6.07, 6.45) is 4.10. The second kappa shape index (κ2) is 10.8. The minimum Gasteiger partial charge on any atom is -0.493 e. The molecule has 1 aromatic heterocycles. The Labute approximate surface area is 237 Å². The average Bonchev–Trinajstić information content (AvgIpc) is 2.98. The molecule has 0 aliphatic carbocycles. The SMILES string of the molecule is COc1cc(N=c2oc3c4c5c(cc3cc2C(=O)Nc2ccc(Cl)cc2)CCCN5CCC4)cc(OC)c1OC. The average molecular weight is 560 g/mol. The molecule has 8 nitrogen and oxygen atoms in total. The van der Waals surface area contributed by atoms with Crippen LogP contribution in [0.3, 0.4) is 0 Å². The van der Waals surface area contributed by atoms with Gasteiger partial charge in [-0.25, -0.2) is 4.99 Å². The fraction of sp³-hybridized carbons (Fsp3) is 0.290. The molecule has 3 aromatic carbocycles.